The van der Waals surface area contributed by atoms with E-state index < -0.39 is 0 Å². The highest BCUT2D eigenvalue weighted by Gasteiger charge is 2.13. The average molecular weight is 537 g/mol. The lowest BCUT2D eigenvalue weighted by Crippen LogP contribution is -2.11. The summed E-state index contributed by atoms with van der Waals surface area (Å²) < 4.78 is 11.4. The van der Waals surface area contributed by atoms with Crippen LogP contribution in [-0.2, 0) is 11.2 Å². The molecule has 0 fully saturated rings. The molecule has 4 rings (SSSR count). The number of methoxy groups -OCH3 is 1. The molecule has 1 aromatic heterocycles. The molecule has 0 bridgehead atoms. The molecule has 1 N–H and O–H groups in total. The predicted octanol–water partition coefficient (Wildman–Crippen LogP) is 6.71. The van der Waals surface area contributed by atoms with Crippen LogP contribution in [0.2, 0.25) is 10.0 Å². The Morgan fingerprint density at radius 1 is 1.00 bits per heavy atom. The van der Waals surface area contributed by atoms with Crippen molar-refractivity contribution in [2.45, 2.75) is 6.42 Å². The maximum atomic E-state index is 12.5. The first kappa shape index (κ1) is 26.4. The summed E-state index contributed by atoms with van der Waals surface area (Å²) in [6.07, 6.45) is 5.14. The summed E-state index contributed by atoms with van der Waals surface area (Å²) in [6, 6.07) is 16.3. The lowest BCUT2D eigenvalue weighted by molar-refractivity contribution is -0.114. The minimum Gasteiger partial charge on any atom is -0.496 e. The Kier molecular flexibility index (Phi) is 8.61. The van der Waals surface area contributed by atoms with Gasteiger partial charge in [0, 0.05) is 41.7 Å². The van der Waals surface area contributed by atoms with Gasteiger partial charge < -0.3 is 19.7 Å². The van der Waals surface area contributed by atoms with Gasteiger partial charge in [0.15, 0.2) is 5.78 Å². The first-order valence-electron chi connectivity index (χ1n) is 11.5. The maximum Gasteiger partial charge on any atom is 0.159 e. The molecule has 0 spiro atoms. The molecule has 0 saturated heterocycles. The van der Waals surface area contributed by atoms with E-state index in [1.807, 2.05) is 61.5 Å². The van der Waals surface area contributed by atoms with Crippen molar-refractivity contribution in [1.82, 2.24) is 14.9 Å². The van der Waals surface area contributed by atoms with Crippen molar-refractivity contribution >= 4 is 51.4 Å². The number of anilines is 2. The van der Waals surface area contributed by atoms with E-state index in [4.69, 9.17) is 32.7 Å². The van der Waals surface area contributed by atoms with Gasteiger partial charge in [-0.05, 0) is 62.6 Å². The molecule has 1 heterocycles. The second-order valence-electron chi connectivity index (χ2n) is 8.54. The van der Waals surface area contributed by atoms with Crippen molar-refractivity contribution in [3.8, 4) is 17.2 Å². The van der Waals surface area contributed by atoms with Gasteiger partial charge in [0.05, 0.1) is 22.7 Å². The molecule has 3 aromatic carbocycles. The van der Waals surface area contributed by atoms with Crippen LogP contribution in [0, 0.1) is 0 Å². The number of benzene rings is 3. The molecule has 0 aliphatic carbocycles. The van der Waals surface area contributed by atoms with E-state index in [-0.39, 0.29) is 12.2 Å². The smallest absolute Gasteiger partial charge is 0.159 e. The van der Waals surface area contributed by atoms with Gasteiger partial charge in [-0.15, -0.1) is 0 Å². The number of hydrogen-bond donors (Lipinski definition) is 1. The summed E-state index contributed by atoms with van der Waals surface area (Å²) in [5, 5.41) is 5.00. The van der Waals surface area contributed by atoms with Gasteiger partial charge >= 0.3 is 0 Å². The van der Waals surface area contributed by atoms with E-state index in [9.17, 15) is 4.79 Å². The van der Waals surface area contributed by atoms with E-state index in [2.05, 4.69) is 15.3 Å². The van der Waals surface area contributed by atoms with Crippen LogP contribution in [0.15, 0.2) is 73.1 Å². The second-order valence-corrected chi connectivity index (χ2v) is 9.35. The van der Waals surface area contributed by atoms with Crippen LogP contribution in [0.5, 0.6) is 17.2 Å². The highest BCUT2D eigenvalue weighted by Crippen LogP contribution is 2.32. The van der Waals surface area contributed by atoms with Crippen molar-refractivity contribution in [1.29, 1.82) is 0 Å². The van der Waals surface area contributed by atoms with Gasteiger partial charge in [-0.3, -0.25) is 4.79 Å². The van der Waals surface area contributed by atoms with Crippen molar-refractivity contribution in [3.05, 3.63) is 88.7 Å². The molecular weight excluding hydrogens is 511 g/mol. The number of rotatable bonds is 10. The number of carbonyl (C=O) groups is 1. The van der Waals surface area contributed by atoms with Gasteiger partial charge in [0.1, 0.15) is 29.4 Å². The summed E-state index contributed by atoms with van der Waals surface area (Å²) in [4.78, 5) is 23.3. The van der Waals surface area contributed by atoms with E-state index in [0.29, 0.717) is 45.2 Å². The number of carbonyl (C=O) groups excluding carboxylic acids is 1. The molecule has 4 aromatic rings. The van der Waals surface area contributed by atoms with Crippen LogP contribution in [-0.4, -0.2) is 48.4 Å². The van der Waals surface area contributed by atoms with Crippen LogP contribution < -0.4 is 14.8 Å². The summed E-state index contributed by atoms with van der Waals surface area (Å²) in [5.74, 6) is 2.44. The Hall–Kier alpha value is -3.65. The molecule has 190 valence electrons. The van der Waals surface area contributed by atoms with Crippen LogP contribution in [0.25, 0.3) is 10.9 Å². The summed E-state index contributed by atoms with van der Waals surface area (Å²) in [6.45, 7) is 0.694. The van der Waals surface area contributed by atoms with E-state index in [1.54, 1.807) is 31.4 Å². The number of ether oxygens (including phenoxy) is 2. The summed E-state index contributed by atoms with van der Waals surface area (Å²) >= 11 is 12.0. The molecule has 0 saturated carbocycles. The fourth-order valence-electron chi connectivity index (χ4n) is 3.62. The largest absolute Gasteiger partial charge is 0.496 e. The van der Waals surface area contributed by atoms with E-state index in [0.717, 1.165) is 16.6 Å². The van der Waals surface area contributed by atoms with Crippen LogP contribution in [0.3, 0.4) is 0 Å². The third-order valence-electron chi connectivity index (χ3n) is 5.42. The SMILES string of the molecule is COc1cc2ncnc(Nc3ccc(Oc4ccc(Cl)c(Cl)c4)cc3)c2cc1CC(=O)/C=C/CN(C)C. The average Bonchev–Trinajstić information content (AvgIpc) is 2.87. The van der Waals surface area contributed by atoms with Crippen LogP contribution >= 0.6 is 23.2 Å². The molecule has 0 amide bonds. The first-order chi connectivity index (χ1) is 17.8. The molecule has 0 radical (unpaired) electrons. The number of hydrogen-bond acceptors (Lipinski definition) is 7. The fraction of sp³-hybridized carbons (Fsp3) is 0.179. The normalized spacial score (nSPS) is 11.3. The molecule has 0 unspecified atom stereocenters. The van der Waals surface area contributed by atoms with Crippen LogP contribution in [0.4, 0.5) is 11.5 Å². The van der Waals surface area contributed by atoms with Gasteiger partial charge in [-0.1, -0.05) is 29.3 Å². The number of nitrogens with one attached hydrogen (secondary N) is 1. The first-order valence-corrected chi connectivity index (χ1v) is 12.2. The molecule has 37 heavy (non-hydrogen) atoms. The molecule has 0 aliphatic heterocycles. The fourth-order valence-corrected chi connectivity index (χ4v) is 3.91. The quantitative estimate of drug-likeness (QED) is 0.225. The maximum absolute atomic E-state index is 12.5. The number of ketones is 1. The minimum absolute atomic E-state index is 0.0107. The van der Waals surface area contributed by atoms with Crippen LogP contribution in [0.1, 0.15) is 5.56 Å². The minimum atomic E-state index is -0.0107. The lowest BCUT2D eigenvalue weighted by atomic mass is 10.0. The van der Waals surface area contributed by atoms with Gasteiger partial charge in [-0.25, -0.2) is 9.97 Å². The highest BCUT2D eigenvalue weighted by molar-refractivity contribution is 6.42. The Balaban J connectivity index is 1.54. The van der Waals surface area contributed by atoms with Crippen molar-refractivity contribution in [2.24, 2.45) is 0 Å². The summed E-state index contributed by atoms with van der Waals surface area (Å²) in [5.41, 5.74) is 2.27. The Labute approximate surface area is 225 Å². The zero-order chi connectivity index (χ0) is 26.4. The number of halogens is 2. The van der Waals surface area contributed by atoms with E-state index in [1.165, 1.54) is 6.33 Å². The molecular formula is C28H26Cl2N4O3. The van der Waals surface area contributed by atoms with E-state index >= 15 is 0 Å². The zero-order valence-electron chi connectivity index (χ0n) is 20.7. The highest BCUT2D eigenvalue weighted by atomic mass is 35.5. The van der Waals surface area contributed by atoms with Gasteiger partial charge in [-0.2, -0.15) is 0 Å². The third-order valence-corrected chi connectivity index (χ3v) is 6.16. The molecule has 0 atom stereocenters. The number of likely N-dealkylation sites (N-methyl/N-ethyl adjacent to an activating group) is 1. The van der Waals surface area contributed by atoms with Crippen molar-refractivity contribution in [2.75, 3.05) is 33.1 Å². The van der Waals surface area contributed by atoms with Gasteiger partial charge in [0.2, 0.25) is 0 Å². The standard InChI is InChI=1S/C28H26Cl2N4O3/c1-34(2)12-4-5-20(35)13-18-14-23-26(16-27(18)36-3)31-17-32-28(23)33-19-6-8-21(9-7-19)37-22-10-11-24(29)25(30)15-22/h4-11,14-17H,12-13H2,1-3H3,(H,31,32,33)/b5-4+. The van der Waals surface area contributed by atoms with Crippen molar-refractivity contribution in [3.63, 3.8) is 0 Å². The van der Waals surface area contributed by atoms with Gasteiger partial charge in [0.25, 0.3) is 0 Å². The second kappa shape index (κ2) is 12.1. The Morgan fingerprint density at radius 3 is 2.46 bits per heavy atom. The Bertz CT molecular complexity index is 1440. The number of allylic oxidation sites excluding steroid dienone is 1. The monoisotopic (exact) mass is 536 g/mol. The lowest BCUT2D eigenvalue weighted by Gasteiger charge is -2.13. The predicted molar refractivity (Wildman–Crippen MR) is 149 cm³/mol. The zero-order valence-corrected chi connectivity index (χ0v) is 22.2. The number of fused-ring (bicyclic) bond motifs is 1. The topological polar surface area (TPSA) is 76.6 Å². The molecule has 0 aliphatic rings. The Morgan fingerprint density at radius 2 is 1.76 bits per heavy atom. The van der Waals surface area contributed by atoms with Crippen molar-refractivity contribution < 1.29 is 14.3 Å². The number of nitrogens with zero attached hydrogens (tertiary/aromatic N) is 3. The number of aromatic nitrogens is 2. The molecule has 9 heteroatoms. The molecule has 7 nitrogen and oxygen atoms in total. The summed E-state index contributed by atoms with van der Waals surface area (Å²) in [7, 11) is 5.48. The third kappa shape index (κ3) is 6.98.